The molecule has 4 N–H and O–H groups in total. The number of amides is 1. The first kappa shape index (κ1) is 38.4. The molecule has 5 rings (SSSR count). The van der Waals surface area contributed by atoms with E-state index < -0.39 is 29.4 Å². The molecule has 1 amide bonds. The van der Waals surface area contributed by atoms with Crippen molar-refractivity contribution >= 4 is 28.6 Å². The number of ketones is 1. The number of pyridine rings is 1. The van der Waals surface area contributed by atoms with Crippen LogP contribution in [0.4, 0.5) is 4.79 Å². The Labute approximate surface area is 299 Å². The third-order valence-corrected chi connectivity index (χ3v) is 8.11. The van der Waals surface area contributed by atoms with Gasteiger partial charge in [-0.3, -0.25) is 19.5 Å². The van der Waals surface area contributed by atoms with Crippen molar-refractivity contribution in [2.75, 3.05) is 6.54 Å². The Morgan fingerprint density at radius 3 is 2.29 bits per heavy atom. The lowest BCUT2D eigenvalue weighted by Gasteiger charge is -2.27. The van der Waals surface area contributed by atoms with Crippen LogP contribution in [0.2, 0.25) is 0 Å². The molecule has 0 saturated carbocycles. The molecule has 11 nitrogen and oxygen atoms in total. The number of hydrogen-bond donors (Lipinski definition) is 3. The summed E-state index contributed by atoms with van der Waals surface area (Å²) in [5.74, 6) is -1.82. The second kappa shape index (κ2) is 18.6. The number of aromatic nitrogens is 3. The molecule has 2 heterocycles. The van der Waals surface area contributed by atoms with Gasteiger partial charge in [0, 0.05) is 44.3 Å². The maximum atomic E-state index is 13.0. The molecular formula is C40H48N6O5. The van der Waals surface area contributed by atoms with Gasteiger partial charge in [0.1, 0.15) is 17.3 Å². The van der Waals surface area contributed by atoms with Crippen LogP contribution in [-0.2, 0) is 42.8 Å². The highest BCUT2D eigenvalue weighted by molar-refractivity contribution is 6.08. The highest BCUT2D eigenvalue weighted by Gasteiger charge is 2.27. The van der Waals surface area contributed by atoms with Crippen LogP contribution in [0.3, 0.4) is 0 Å². The van der Waals surface area contributed by atoms with Gasteiger partial charge in [-0.25, -0.2) is 9.78 Å². The summed E-state index contributed by atoms with van der Waals surface area (Å²) in [6.07, 6.45) is 5.52. The molecule has 11 heteroatoms. The molecule has 0 saturated heterocycles. The lowest BCUT2D eigenvalue weighted by atomic mass is 9.93. The molecule has 0 aliphatic heterocycles. The summed E-state index contributed by atoms with van der Waals surface area (Å²) in [5, 5.41) is 15.5. The molecule has 2 aromatic heterocycles. The number of carbonyl (C=O) groups is 3. The molecule has 51 heavy (non-hydrogen) atoms. The Balaban J connectivity index is 0.000000405. The van der Waals surface area contributed by atoms with Crippen LogP contribution in [0, 0.1) is 5.92 Å². The minimum atomic E-state index is -1.14. The molecule has 1 atom stereocenters. The summed E-state index contributed by atoms with van der Waals surface area (Å²) in [7, 11) is 1.91. The number of carbonyl (C=O) groups excluding carboxylic acids is 2. The molecular weight excluding hydrogens is 644 g/mol. The highest BCUT2D eigenvalue weighted by Crippen LogP contribution is 2.20. The molecule has 3 aromatic carbocycles. The van der Waals surface area contributed by atoms with E-state index in [0.29, 0.717) is 37.3 Å². The van der Waals surface area contributed by atoms with Gasteiger partial charge >= 0.3 is 12.1 Å². The zero-order valence-electron chi connectivity index (χ0n) is 29.8. The number of carboxylic acid groups (broad SMARTS) is 1. The maximum absolute atomic E-state index is 13.0. The lowest BCUT2D eigenvalue weighted by molar-refractivity contribution is -0.140. The van der Waals surface area contributed by atoms with Gasteiger partial charge in [0.2, 0.25) is 0 Å². The van der Waals surface area contributed by atoms with E-state index in [1.165, 1.54) is 16.3 Å². The number of aliphatic carboxylic acids is 1. The monoisotopic (exact) mass is 692 g/mol. The van der Waals surface area contributed by atoms with Gasteiger partial charge in [-0.1, -0.05) is 72.8 Å². The van der Waals surface area contributed by atoms with Crippen LogP contribution in [0.25, 0.3) is 10.8 Å². The van der Waals surface area contributed by atoms with Crippen LogP contribution in [0.5, 0.6) is 0 Å². The van der Waals surface area contributed by atoms with E-state index in [-0.39, 0.29) is 19.5 Å². The number of nitrogens with one attached hydrogen (secondary N) is 1. The van der Waals surface area contributed by atoms with Crippen molar-refractivity contribution in [2.24, 2.45) is 18.7 Å². The smallest absolute Gasteiger partial charge is 0.410 e. The average Bonchev–Trinajstić information content (AvgIpc) is 3.53. The van der Waals surface area contributed by atoms with Crippen LogP contribution in [0.15, 0.2) is 104 Å². The predicted molar refractivity (Wildman–Crippen MR) is 198 cm³/mol. The number of nitrogens with zero attached hydrogens (tertiary/aromatic N) is 4. The fraction of sp³-hybridized carbons (Fsp3) is 0.325. The molecule has 5 aromatic rings. The van der Waals surface area contributed by atoms with Crippen molar-refractivity contribution in [2.45, 2.75) is 65.4 Å². The molecule has 0 fully saturated rings. The van der Waals surface area contributed by atoms with Crippen molar-refractivity contribution in [3.05, 3.63) is 132 Å². The zero-order valence-corrected chi connectivity index (χ0v) is 29.8. The number of hydrogen-bond acceptors (Lipinski definition) is 8. The van der Waals surface area contributed by atoms with E-state index in [4.69, 9.17) is 10.5 Å². The summed E-state index contributed by atoms with van der Waals surface area (Å²) in [4.78, 5) is 47.9. The van der Waals surface area contributed by atoms with Crippen molar-refractivity contribution in [1.82, 2.24) is 24.8 Å². The fourth-order valence-corrected chi connectivity index (χ4v) is 5.43. The standard InChI is InChI=1S/C29H37N5O5.C11H11N/c1-29(2,3)39-28(38)34(20-23-8-5-6-15-31-23)19-21-10-12-22(13-11-21)26(35)24(27(36)37)9-7-14-30-18-25-32-16-17-33(25)4;12-8-10-6-3-5-9-4-1-2-7-11(9)10/h5-6,8,10-13,15-17,24,30H,7,9,14,18-20H2,1-4H3,(H,36,37);1-7H,8,12H2/t24-;/m0./s1. The van der Waals surface area contributed by atoms with E-state index in [1.807, 2.05) is 48.1 Å². The molecule has 0 bridgehead atoms. The molecule has 268 valence electrons. The Hall–Kier alpha value is -5.39. The van der Waals surface area contributed by atoms with Gasteiger partial charge in [0.05, 0.1) is 18.8 Å². The summed E-state index contributed by atoms with van der Waals surface area (Å²) in [6, 6.07) is 26.7. The zero-order chi connectivity index (χ0) is 36.8. The summed E-state index contributed by atoms with van der Waals surface area (Å²) in [5.41, 5.74) is 7.99. The topological polar surface area (TPSA) is 153 Å². The second-order valence-electron chi connectivity index (χ2n) is 13.2. The normalized spacial score (nSPS) is 11.7. The van der Waals surface area contributed by atoms with E-state index in [1.54, 1.807) is 68.4 Å². The average molecular weight is 693 g/mol. The maximum Gasteiger partial charge on any atom is 0.410 e. The number of fused-ring (bicyclic) bond motifs is 1. The number of nitrogens with two attached hydrogens (primary N) is 1. The van der Waals surface area contributed by atoms with Crippen LogP contribution >= 0.6 is 0 Å². The Bertz CT molecular complexity index is 1860. The van der Waals surface area contributed by atoms with E-state index in [9.17, 15) is 19.5 Å². The minimum absolute atomic E-state index is 0.222. The summed E-state index contributed by atoms with van der Waals surface area (Å²) in [6.45, 7) is 7.66. The summed E-state index contributed by atoms with van der Waals surface area (Å²) >= 11 is 0. The van der Waals surface area contributed by atoms with E-state index in [2.05, 4.69) is 39.6 Å². The Kier molecular flexibility index (Phi) is 14.0. The molecule has 0 radical (unpaired) electrons. The Morgan fingerprint density at radius 2 is 1.65 bits per heavy atom. The first-order chi connectivity index (χ1) is 24.4. The number of benzene rings is 3. The van der Waals surface area contributed by atoms with Crippen molar-refractivity contribution in [1.29, 1.82) is 0 Å². The minimum Gasteiger partial charge on any atom is -0.481 e. The van der Waals surface area contributed by atoms with Gasteiger partial charge in [-0.15, -0.1) is 0 Å². The van der Waals surface area contributed by atoms with Crippen LogP contribution in [0.1, 0.15) is 66.6 Å². The van der Waals surface area contributed by atoms with Crippen LogP contribution < -0.4 is 11.1 Å². The van der Waals surface area contributed by atoms with Crippen LogP contribution in [-0.4, -0.2) is 54.5 Å². The number of aryl methyl sites for hydroxylation is 1. The van der Waals surface area contributed by atoms with Gasteiger partial charge in [-0.05, 0) is 74.2 Å². The van der Waals surface area contributed by atoms with Crippen molar-refractivity contribution < 1.29 is 24.2 Å². The SMILES string of the molecule is Cn1ccnc1CNCCC[C@H](C(=O)O)C(=O)c1ccc(CN(Cc2ccccn2)C(=O)OC(C)(C)C)cc1.NCc1cccc2ccccc12. The number of carboxylic acids is 1. The van der Waals surface area contributed by atoms with Gasteiger partial charge in [0.25, 0.3) is 0 Å². The largest absolute Gasteiger partial charge is 0.481 e. The van der Waals surface area contributed by atoms with E-state index in [0.717, 1.165) is 11.4 Å². The second-order valence-corrected chi connectivity index (χ2v) is 13.2. The lowest BCUT2D eigenvalue weighted by Crippen LogP contribution is -2.36. The number of ether oxygens (including phenoxy) is 1. The van der Waals surface area contributed by atoms with Gasteiger partial charge in [-0.2, -0.15) is 0 Å². The molecule has 0 aliphatic rings. The Morgan fingerprint density at radius 1 is 0.922 bits per heavy atom. The first-order valence-corrected chi connectivity index (χ1v) is 17.0. The third-order valence-electron chi connectivity index (χ3n) is 8.11. The first-order valence-electron chi connectivity index (χ1n) is 17.0. The van der Waals surface area contributed by atoms with Crippen molar-refractivity contribution in [3.63, 3.8) is 0 Å². The van der Waals surface area contributed by atoms with Gasteiger partial charge in [0.15, 0.2) is 5.78 Å². The third kappa shape index (κ3) is 11.9. The number of Topliss-reactive ketones (excluding diaryl/α,β-unsaturated/α-hetero) is 1. The predicted octanol–water partition coefficient (Wildman–Crippen LogP) is 6.50. The number of imidazole rings is 1. The van der Waals surface area contributed by atoms with E-state index >= 15 is 0 Å². The molecule has 0 aliphatic carbocycles. The quantitative estimate of drug-likeness (QED) is 0.0672. The van der Waals surface area contributed by atoms with Gasteiger partial charge < -0.3 is 25.5 Å². The molecule has 0 spiro atoms. The highest BCUT2D eigenvalue weighted by atomic mass is 16.6. The number of rotatable bonds is 14. The molecule has 0 unspecified atom stereocenters. The summed E-state index contributed by atoms with van der Waals surface area (Å²) < 4.78 is 7.48. The van der Waals surface area contributed by atoms with Crippen molar-refractivity contribution in [3.8, 4) is 0 Å². The fourth-order valence-electron chi connectivity index (χ4n) is 5.43.